The highest BCUT2D eigenvalue weighted by atomic mass is 15.2. The van der Waals surface area contributed by atoms with Crippen molar-refractivity contribution in [3.63, 3.8) is 0 Å². The van der Waals surface area contributed by atoms with Gasteiger partial charge in [-0.05, 0) is 38.4 Å². The van der Waals surface area contributed by atoms with E-state index >= 15 is 0 Å². The van der Waals surface area contributed by atoms with E-state index in [0.29, 0.717) is 0 Å². The summed E-state index contributed by atoms with van der Waals surface area (Å²) in [4.78, 5) is 5.10. The molecule has 1 rings (SSSR count). The van der Waals surface area contributed by atoms with Crippen molar-refractivity contribution >= 4 is 0 Å². The van der Waals surface area contributed by atoms with Gasteiger partial charge in [-0.2, -0.15) is 0 Å². The van der Waals surface area contributed by atoms with Crippen LogP contribution < -0.4 is 5.73 Å². The van der Waals surface area contributed by atoms with E-state index in [4.69, 9.17) is 5.73 Å². The minimum absolute atomic E-state index is 0.798. The molecule has 1 fully saturated rings. The van der Waals surface area contributed by atoms with Crippen molar-refractivity contribution in [3.05, 3.63) is 0 Å². The second-order valence-electron chi connectivity index (χ2n) is 5.01. The van der Waals surface area contributed by atoms with Crippen LogP contribution in [0.15, 0.2) is 0 Å². The van der Waals surface area contributed by atoms with Gasteiger partial charge in [-0.15, -0.1) is 0 Å². The van der Waals surface area contributed by atoms with Gasteiger partial charge in [-0.3, -0.25) is 0 Å². The van der Waals surface area contributed by atoms with Gasteiger partial charge < -0.3 is 15.5 Å². The molecule has 15 heavy (non-hydrogen) atoms. The van der Waals surface area contributed by atoms with E-state index in [1.165, 1.54) is 45.6 Å². The van der Waals surface area contributed by atoms with Gasteiger partial charge in [-0.1, -0.05) is 13.8 Å². The molecule has 90 valence electrons. The summed E-state index contributed by atoms with van der Waals surface area (Å²) in [5.41, 5.74) is 5.59. The molecule has 0 aromatic heterocycles. The third-order valence-corrected chi connectivity index (χ3v) is 3.15. The Kier molecular flexibility index (Phi) is 6.22. The second-order valence-corrected chi connectivity index (χ2v) is 5.01. The van der Waals surface area contributed by atoms with Crippen LogP contribution in [0.1, 0.15) is 26.7 Å². The predicted octanol–water partition coefficient (Wildman–Crippen LogP) is 0.999. The minimum Gasteiger partial charge on any atom is -0.329 e. The lowest BCUT2D eigenvalue weighted by molar-refractivity contribution is 0.250. The van der Waals surface area contributed by atoms with Crippen LogP contribution in [0.3, 0.4) is 0 Å². The quantitative estimate of drug-likeness (QED) is 0.739. The van der Waals surface area contributed by atoms with Gasteiger partial charge in [0, 0.05) is 26.2 Å². The topological polar surface area (TPSA) is 32.5 Å². The van der Waals surface area contributed by atoms with Crippen molar-refractivity contribution in [2.45, 2.75) is 26.7 Å². The van der Waals surface area contributed by atoms with E-state index in [9.17, 15) is 0 Å². The van der Waals surface area contributed by atoms with Gasteiger partial charge in [0.05, 0.1) is 0 Å². The molecule has 0 radical (unpaired) electrons. The highest BCUT2D eigenvalue weighted by Gasteiger charge is 2.13. The maximum Gasteiger partial charge on any atom is 0.0110 e. The highest BCUT2D eigenvalue weighted by molar-refractivity contribution is 4.70. The molecule has 3 nitrogen and oxygen atoms in total. The first-order valence-corrected chi connectivity index (χ1v) is 6.37. The van der Waals surface area contributed by atoms with Gasteiger partial charge in [0.25, 0.3) is 0 Å². The van der Waals surface area contributed by atoms with Crippen molar-refractivity contribution in [1.29, 1.82) is 0 Å². The van der Waals surface area contributed by atoms with E-state index < -0.39 is 0 Å². The monoisotopic (exact) mass is 213 g/mol. The van der Waals surface area contributed by atoms with Crippen LogP contribution in [-0.4, -0.2) is 55.6 Å². The Morgan fingerprint density at radius 3 is 2.13 bits per heavy atom. The average Bonchev–Trinajstić information content (AvgIpc) is 2.41. The van der Waals surface area contributed by atoms with Crippen LogP contribution in [0.4, 0.5) is 0 Å². The molecule has 0 amide bonds. The number of nitrogens with two attached hydrogens (primary N) is 1. The standard InChI is InChI=1S/C12H27N3/c1-12(2)4-8-14-6-3-7-15(9-5-13)11-10-14/h12H,3-11,13H2,1-2H3. The van der Waals surface area contributed by atoms with Gasteiger partial charge >= 0.3 is 0 Å². The fraction of sp³-hybridized carbons (Fsp3) is 1.00. The molecule has 0 unspecified atom stereocenters. The normalized spacial score (nSPS) is 20.8. The first kappa shape index (κ1) is 12.9. The third kappa shape index (κ3) is 5.50. The lowest BCUT2D eigenvalue weighted by Crippen LogP contribution is -2.34. The van der Waals surface area contributed by atoms with Crippen molar-refractivity contribution in [3.8, 4) is 0 Å². The summed E-state index contributed by atoms with van der Waals surface area (Å²) in [6.45, 7) is 12.7. The zero-order valence-corrected chi connectivity index (χ0v) is 10.4. The van der Waals surface area contributed by atoms with E-state index in [1.807, 2.05) is 0 Å². The molecule has 2 N–H and O–H groups in total. The van der Waals surface area contributed by atoms with Crippen molar-refractivity contribution in [1.82, 2.24) is 9.80 Å². The number of hydrogen-bond acceptors (Lipinski definition) is 3. The van der Waals surface area contributed by atoms with E-state index in [1.54, 1.807) is 0 Å². The molecule has 0 aromatic carbocycles. The molecule has 0 aliphatic carbocycles. The van der Waals surface area contributed by atoms with E-state index in [0.717, 1.165) is 19.0 Å². The summed E-state index contributed by atoms with van der Waals surface area (Å²) in [6, 6.07) is 0. The van der Waals surface area contributed by atoms with Crippen LogP contribution in [0.5, 0.6) is 0 Å². The van der Waals surface area contributed by atoms with Crippen molar-refractivity contribution in [2.75, 3.05) is 45.8 Å². The Morgan fingerprint density at radius 2 is 1.60 bits per heavy atom. The Hall–Kier alpha value is -0.120. The predicted molar refractivity (Wildman–Crippen MR) is 66.0 cm³/mol. The maximum atomic E-state index is 5.59. The number of hydrogen-bond donors (Lipinski definition) is 1. The lowest BCUT2D eigenvalue weighted by atomic mass is 10.1. The second kappa shape index (κ2) is 7.20. The summed E-state index contributed by atoms with van der Waals surface area (Å²) in [5.74, 6) is 0.827. The van der Waals surface area contributed by atoms with E-state index in [-0.39, 0.29) is 0 Å². The summed E-state index contributed by atoms with van der Waals surface area (Å²) in [5, 5.41) is 0. The molecule has 1 heterocycles. The Labute approximate surface area is 94.6 Å². The van der Waals surface area contributed by atoms with Crippen LogP contribution in [0, 0.1) is 5.92 Å². The van der Waals surface area contributed by atoms with Crippen LogP contribution >= 0.6 is 0 Å². The number of rotatable bonds is 5. The van der Waals surface area contributed by atoms with Crippen LogP contribution in [0.2, 0.25) is 0 Å². The number of nitrogens with zero attached hydrogens (tertiary/aromatic N) is 2. The van der Waals surface area contributed by atoms with E-state index in [2.05, 4.69) is 23.6 Å². The highest BCUT2D eigenvalue weighted by Crippen LogP contribution is 2.06. The lowest BCUT2D eigenvalue weighted by Gasteiger charge is -2.21. The molecule has 1 saturated heterocycles. The van der Waals surface area contributed by atoms with Gasteiger partial charge in [0.2, 0.25) is 0 Å². The summed E-state index contributed by atoms with van der Waals surface area (Å²) >= 11 is 0. The largest absolute Gasteiger partial charge is 0.329 e. The Morgan fingerprint density at radius 1 is 1.00 bits per heavy atom. The zero-order valence-electron chi connectivity index (χ0n) is 10.4. The first-order chi connectivity index (χ1) is 7.22. The first-order valence-electron chi connectivity index (χ1n) is 6.37. The molecule has 1 aliphatic heterocycles. The molecule has 1 aliphatic rings. The summed E-state index contributed by atoms with van der Waals surface area (Å²) in [6.07, 6.45) is 2.63. The van der Waals surface area contributed by atoms with Gasteiger partial charge in [0.15, 0.2) is 0 Å². The molecular formula is C12H27N3. The SMILES string of the molecule is CC(C)CCN1CCCN(CCN)CC1. The molecular weight excluding hydrogens is 186 g/mol. The molecule has 0 atom stereocenters. The van der Waals surface area contributed by atoms with Crippen molar-refractivity contribution < 1.29 is 0 Å². The smallest absolute Gasteiger partial charge is 0.0110 e. The fourth-order valence-electron chi connectivity index (χ4n) is 2.09. The Bertz CT molecular complexity index is 159. The molecule has 0 bridgehead atoms. The summed E-state index contributed by atoms with van der Waals surface area (Å²) in [7, 11) is 0. The third-order valence-electron chi connectivity index (χ3n) is 3.15. The zero-order chi connectivity index (χ0) is 11.1. The minimum atomic E-state index is 0.798. The van der Waals surface area contributed by atoms with Gasteiger partial charge in [-0.25, -0.2) is 0 Å². The molecule has 0 aromatic rings. The Balaban J connectivity index is 2.20. The maximum absolute atomic E-state index is 5.59. The van der Waals surface area contributed by atoms with Gasteiger partial charge in [0.1, 0.15) is 0 Å². The van der Waals surface area contributed by atoms with Crippen molar-refractivity contribution in [2.24, 2.45) is 11.7 Å². The molecule has 0 spiro atoms. The average molecular weight is 213 g/mol. The fourth-order valence-corrected chi connectivity index (χ4v) is 2.09. The molecule has 3 heteroatoms. The summed E-state index contributed by atoms with van der Waals surface area (Å²) < 4.78 is 0. The molecule has 0 saturated carbocycles. The van der Waals surface area contributed by atoms with Crippen LogP contribution in [-0.2, 0) is 0 Å². The van der Waals surface area contributed by atoms with Crippen LogP contribution in [0.25, 0.3) is 0 Å².